The van der Waals surface area contributed by atoms with Crippen molar-refractivity contribution in [2.24, 2.45) is 11.8 Å². The average molecular weight is 282 g/mol. The maximum absolute atomic E-state index is 3.60. The molecule has 0 rings (SSSR count). The van der Waals surface area contributed by atoms with Gasteiger partial charge in [-0.05, 0) is 32.1 Å². The lowest BCUT2D eigenvalue weighted by atomic mass is 9.97. The Hall–Kier alpha value is 0.790. The van der Waals surface area contributed by atoms with Crippen LogP contribution >= 0.6 is 27.7 Å². The maximum Gasteiger partial charge on any atom is 0.0155 e. The lowest BCUT2D eigenvalue weighted by Crippen LogP contribution is -2.37. The molecule has 14 heavy (non-hydrogen) atoms. The van der Waals surface area contributed by atoms with Crippen LogP contribution in [0.4, 0.5) is 0 Å². The Morgan fingerprint density at radius 1 is 1.29 bits per heavy atom. The summed E-state index contributed by atoms with van der Waals surface area (Å²) in [6.45, 7) is 8.12. The van der Waals surface area contributed by atoms with Crippen molar-refractivity contribution in [3.63, 3.8) is 0 Å². The Morgan fingerprint density at radius 2 is 1.86 bits per heavy atom. The van der Waals surface area contributed by atoms with Gasteiger partial charge in [0.15, 0.2) is 0 Å². The predicted octanol–water partition coefficient (Wildman–Crippen LogP) is 3.34. The van der Waals surface area contributed by atoms with E-state index in [1.165, 1.54) is 12.3 Å². The normalized spacial score (nSPS) is 16.3. The predicted molar refractivity (Wildman–Crippen MR) is 72.6 cm³/mol. The van der Waals surface area contributed by atoms with Gasteiger partial charge in [0.2, 0.25) is 0 Å². The molecule has 0 aromatic heterocycles. The summed E-state index contributed by atoms with van der Waals surface area (Å²) in [5.74, 6) is 2.76. The van der Waals surface area contributed by atoms with Gasteiger partial charge in [0, 0.05) is 23.7 Å². The third kappa shape index (κ3) is 5.62. The fourth-order valence-electron chi connectivity index (χ4n) is 1.36. The smallest absolute Gasteiger partial charge is 0.0155 e. The Labute approximate surface area is 102 Å². The lowest BCUT2D eigenvalue weighted by molar-refractivity contribution is 0.217. The summed E-state index contributed by atoms with van der Waals surface area (Å²) in [6.07, 6.45) is 2.18. The van der Waals surface area contributed by atoms with Crippen LogP contribution in [-0.2, 0) is 0 Å². The molecule has 0 fully saturated rings. The van der Waals surface area contributed by atoms with E-state index < -0.39 is 0 Å². The first-order valence-corrected chi connectivity index (χ1v) is 7.79. The van der Waals surface area contributed by atoms with Crippen LogP contribution in [0.15, 0.2) is 0 Å². The molecule has 0 aliphatic heterocycles. The summed E-state index contributed by atoms with van der Waals surface area (Å²) in [7, 11) is 2.24. The van der Waals surface area contributed by atoms with Crippen LogP contribution in [0.25, 0.3) is 0 Å². The highest BCUT2D eigenvalue weighted by Gasteiger charge is 2.17. The number of alkyl halides is 1. The van der Waals surface area contributed by atoms with E-state index in [0.29, 0.717) is 6.04 Å². The maximum atomic E-state index is 3.60. The zero-order chi connectivity index (χ0) is 11.1. The van der Waals surface area contributed by atoms with Gasteiger partial charge in [-0.15, -0.1) is 0 Å². The molecular weight excluding hydrogens is 258 g/mol. The van der Waals surface area contributed by atoms with Gasteiger partial charge < -0.3 is 4.90 Å². The van der Waals surface area contributed by atoms with Crippen molar-refractivity contribution in [2.75, 3.05) is 30.9 Å². The standard InChI is InChI=1S/C11H24BrNS/c1-9(2)11(6-12)7-13(4)10(3)8-14-5/h9-11H,6-8H2,1-5H3. The van der Waals surface area contributed by atoms with Gasteiger partial charge in [0.1, 0.15) is 0 Å². The second-order valence-corrected chi connectivity index (χ2v) is 5.96. The summed E-state index contributed by atoms with van der Waals surface area (Å²) < 4.78 is 0. The van der Waals surface area contributed by atoms with Crippen LogP contribution in [0.3, 0.4) is 0 Å². The fourth-order valence-corrected chi connectivity index (χ4v) is 3.05. The van der Waals surface area contributed by atoms with Crippen LogP contribution in [0, 0.1) is 11.8 Å². The number of hydrogen-bond acceptors (Lipinski definition) is 2. The fraction of sp³-hybridized carbons (Fsp3) is 1.00. The van der Waals surface area contributed by atoms with E-state index in [-0.39, 0.29) is 0 Å². The summed E-state index contributed by atoms with van der Waals surface area (Å²) >= 11 is 5.53. The molecule has 3 heteroatoms. The van der Waals surface area contributed by atoms with Crippen molar-refractivity contribution >= 4 is 27.7 Å². The monoisotopic (exact) mass is 281 g/mol. The molecule has 0 aromatic rings. The van der Waals surface area contributed by atoms with Gasteiger partial charge in [-0.1, -0.05) is 29.8 Å². The van der Waals surface area contributed by atoms with E-state index in [1.54, 1.807) is 0 Å². The molecule has 0 aromatic carbocycles. The summed E-state index contributed by atoms with van der Waals surface area (Å²) in [4.78, 5) is 2.47. The highest BCUT2D eigenvalue weighted by atomic mass is 79.9. The second kappa shape index (κ2) is 8.00. The Morgan fingerprint density at radius 3 is 2.21 bits per heavy atom. The molecule has 0 N–H and O–H groups in total. The van der Waals surface area contributed by atoms with Crippen molar-refractivity contribution in [3.05, 3.63) is 0 Å². The minimum atomic E-state index is 0.685. The average Bonchev–Trinajstić information content (AvgIpc) is 2.13. The lowest BCUT2D eigenvalue weighted by Gasteiger charge is -2.29. The zero-order valence-corrected chi connectivity index (χ0v) is 12.5. The first-order chi connectivity index (χ1) is 6.52. The van der Waals surface area contributed by atoms with E-state index in [4.69, 9.17) is 0 Å². The topological polar surface area (TPSA) is 3.24 Å². The largest absolute Gasteiger partial charge is 0.303 e. The molecule has 0 saturated heterocycles. The number of hydrogen-bond donors (Lipinski definition) is 0. The van der Waals surface area contributed by atoms with E-state index >= 15 is 0 Å². The second-order valence-electron chi connectivity index (χ2n) is 4.40. The van der Waals surface area contributed by atoms with Gasteiger partial charge in [-0.25, -0.2) is 0 Å². The van der Waals surface area contributed by atoms with Crippen molar-refractivity contribution in [1.29, 1.82) is 0 Å². The molecule has 0 heterocycles. The van der Waals surface area contributed by atoms with Gasteiger partial charge >= 0.3 is 0 Å². The zero-order valence-electron chi connectivity index (χ0n) is 10.1. The molecule has 86 valence electrons. The molecule has 0 aliphatic carbocycles. The van der Waals surface area contributed by atoms with Crippen LogP contribution in [0.2, 0.25) is 0 Å². The Bertz CT molecular complexity index is 141. The molecular formula is C11H24BrNS. The van der Waals surface area contributed by atoms with Crippen molar-refractivity contribution in [3.8, 4) is 0 Å². The van der Waals surface area contributed by atoms with Crippen molar-refractivity contribution in [2.45, 2.75) is 26.8 Å². The van der Waals surface area contributed by atoms with Gasteiger partial charge in [-0.3, -0.25) is 0 Å². The molecule has 2 unspecified atom stereocenters. The summed E-state index contributed by atoms with van der Waals surface area (Å²) in [5, 5.41) is 1.11. The molecule has 0 radical (unpaired) electrons. The molecule has 0 spiro atoms. The molecule has 0 saturated carbocycles. The van der Waals surface area contributed by atoms with Crippen molar-refractivity contribution in [1.82, 2.24) is 4.90 Å². The molecule has 0 bridgehead atoms. The van der Waals surface area contributed by atoms with Crippen LogP contribution in [-0.4, -0.2) is 41.9 Å². The first kappa shape index (κ1) is 14.8. The van der Waals surface area contributed by atoms with E-state index in [0.717, 1.165) is 17.2 Å². The van der Waals surface area contributed by atoms with E-state index in [1.807, 2.05) is 11.8 Å². The van der Waals surface area contributed by atoms with Crippen molar-refractivity contribution < 1.29 is 0 Å². The van der Waals surface area contributed by atoms with Crippen LogP contribution in [0.5, 0.6) is 0 Å². The van der Waals surface area contributed by atoms with Crippen LogP contribution < -0.4 is 0 Å². The summed E-state index contributed by atoms with van der Waals surface area (Å²) in [6, 6.07) is 0.685. The number of thioether (sulfide) groups is 1. The first-order valence-electron chi connectivity index (χ1n) is 5.28. The van der Waals surface area contributed by atoms with Gasteiger partial charge in [-0.2, -0.15) is 11.8 Å². The third-order valence-electron chi connectivity index (χ3n) is 2.82. The number of nitrogens with zero attached hydrogens (tertiary/aromatic N) is 1. The highest BCUT2D eigenvalue weighted by Crippen LogP contribution is 2.16. The molecule has 0 amide bonds. The third-order valence-corrected chi connectivity index (χ3v) is 4.47. The minimum Gasteiger partial charge on any atom is -0.303 e. The molecule has 2 atom stereocenters. The van der Waals surface area contributed by atoms with E-state index in [2.05, 4.69) is 54.9 Å². The number of halogens is 1. The SMILES string of the molecule is CSCC(C)N(C)CC(CBr)C(C)C. The van der Waals surface area contributed by atoms with E-state index in [9.17, 15) is 0 Å². The van der Waals surface area contributed by atoms with Gasteiger partial charge in [0.05, 0.1) is 0 Å². The molecule has 0 aliphatic rings. The quantitative estimate of drug-likeness (QED) is 0.659. The van der Waals surface area contributed by atoms with Gasteiger partial charge in [0.25, 0.3) is 0 Å². The minimum absolute atomic E-state index is 0.685. The summed E-state index contributed by atoms with van der Waals surface area (Å²) in [5.41, 5.74) is 0. The Balaban J connectivity index is 3.94. The Kier molecular flexibility index (Phi) is 8.45. The molecule has 1 nitrogen and oxygen atoms in total. The van der Waals surface area contributed by atoms with Crippen LogP contribution in [0.1, 0.15) is 20.8 Å². The number of rotatable bonds is 7. The highest BCUT2D eigenvalue weighted by molar-refractivity contribution is 9.09.